The molecule has 2 aromatic rings. The maximum absolute atomic E-state index is 13.3. The van der Waals surface area contributed by atoms with Crippen molar-refractivity contribution in [3.63, 3.8) is 0 Å². The Kier molecular flexibility index (Phi) is 5.52. The fraction of sp³-hybridized carbons (Fsp3) is 0.400. The number of hydrogen-bond acceptors (Lipinski definition) is 3. The van der Waals surface area contributed by atoms with Crippen LogP contribution in [0.5, 0.6) is 0 Å². The van der Waals surface area contributed by atoms with E-state index in [0.29, 0.717) is 0 Å². The lowest BCUT2D eigenvalue weighted by atomic mass is 10.0. The number of halogens is 2. The van der Waals surface area contributed by atoms with Gasteiger partial charge in [0.1, 0.15) is 5.82 Å². The summed E-state index contributed by atoms with van der Waals surface area (Å²) in [5.41, 5.74) is 2.04. The maximum Gasteiger partial charge on any atom is 0.141 e. The largest absolute Gasteiger partial charge is 0.310 e. The van der Waals surface area contributed by atoms with E-state index >= 15 is 0 Å². The average molecular weight is 313 g/mol. The van der Waals surface area contributed by atoms with Crippen molar-refractivity contribution in [1.82, 2.24) is 10.3 Å². The second-order valence-corrected chi connectivity index (χ2v) is 6.12. The predicted molar refractivity (Wildman–Crippen MR) is 83.0 cm³/mol. The zero-order valence-electron chi connectivity index (χ0n) is 11.6. The molecule has 2 nitrogen and oxygen atoms in total. The lowest BCUT2D eigenvalue weighted by Gasteiger charge is -2.18. The van der Waals surface area contributed by atoms with E-state index in [9.17, 15) is 4.39 Å². The molecule has 0 amide bonds. The number of benzene rings is 1. The van der Waals surface area contributed by atoms with E-state index in [1.807, 2.05) is 12.3 Å². The first-order valence-electron chi connectivity index (χ1n) is 6.69. The van der Waals surface area contributed by atoms with Crippen LogP contribution in [-0.4, -0.2) is 11.5 Å². The summed E-state index contributed by atoms with van der Waals surface area (Å²) in [6, 6.07) is 5.02. The summed E-state index contributed by atoms with van der Waals surface area (Å²) >= 11 is 7.54. The quantitative estimate of drug-likeness (QED) is 0.848. The molecule has 1 aromatic carbocycles. The molecule has 20 heavy (non-hydrogen) atoms. The van der Waals surface area contributed by atoms with Gasteiger partial charge in [-0.2, -0.15) is 0 Å². The molecule has 1 atom stereocenters. The van der Waals surface area contributed by atoms with Crippen molar-refractivity contribution in [2.24, 2.45) is 0 Å². The Morgan fingerprint density at radius 1 is 1.45 bits per heavy atom. The third-order valence-corrected chi connectivity index (χ3v) is 4.31. The molecule has 0 spiro atoms. The Balaban J connectivity index is 2.19. The topological polar surface area (TPSA) is 24.9 Å². The van der Waals surface area contributed by atoms with Crippen molar-refractivity contribution in [1.29, 1.82) is 0 Å². The van der Waals surface area contributed by atoms with Crippen LogP contribution in [0.3, 0.4) is 0 Å². The van der Waals surface area contributed by atoms with E-state index in [2.05, 4.69) is 17.2 Å². The Hall–Kier alpha value is -0.970. The molecular weight excluding hydrogens is 295 g/mol. The SMILES string of the molecule is CCCNC(Cc1nc(C)cs1)c1ccc(F)c(Cl)c1. The van der Waals surface area contributed by atoms with Crippen LogP contribution in [-0.2, 0) is 6.42 Å². The molecule has 0 aliphatic carbocycles. The molecule has 1 heterocycles. The van der Waals surface area contributed by atoms with Crippen molar-refractivity contribution < 1.29 is 4.39 Å². The predicted octanol–water partition coefficient (Wildman–Crippen LogP) is 4.53. The van der Waals surface area contributed by atoms with Gasteiger partial charge in [-0.25, -0.2) is 9.37 Å². The summed E-state index contributed by atoms with van der Waals surface area (Å²) in [4.78, 5) is 4.50. The molecule has 2 rings (SSSR count). The number of aromatic nitrogens is 1. The number of nitrogens with one attached hydrogen (secondary N) is 1. The van der Waals surface area contributed by atoms with E-state index in [-0.39, 0.29) is 16.9 Å². The van der Waals surface area contributed by atoms with Crippen LogP contribution in [0.15, 0.2) is 23.6 Å². The molecule has 0 aliphatic heterocycles. The van der Waals surface area contributed by atoms with Gasteiger partial charge in [0.15, 0.2) is 0 Å². The molecule has 5 heteroatoms. The fourth-order valence-corrected chi connectivity index (χ4v) is 3.03. The normalized spacial score (nSPS) is 12.6. The van der Waals surface area contributed by atoms with Crippen LogP contribution >= 0.6 is 22.9 Å². The van der Waals surface area contributed by atoms with Gasteiger partial charge >= 0.3 is 0 Å². The highest BCUT2D eigenvalue weighted by Gasteiger charge is 2.15. The zero-order chi connectivity index (χ0) is 14.5. The highest BCUT2D eigenvalue weighted by Crippen LogP contribution is 2.24. The van der Waals surface area contributed by atoms with E-state index in [1.54, 1.807) is 23.5 Å². The minimum atomic E-state index is -0.380. The van der Waals surface area contributed by atoms with E-state index in [0.717, 1.165) is 35.7 Å². The first-order chi connectivity index (χ1) is 9.60. The Bertz CT molecular complexity index is 571. The minimum absolute atomic E-state index is 0.110. The number of thiazole rings is 1. The van der Waals surface area contributed by atoms with Crippen molar-refractivity contribution in [3.8, 4) is 0 Å². The first-order valence-corrected chi connectivity index (χ1v) is 7.95. The lowest BCUT2D eigenvalue weighted by molar-refractivity contribution is 0.526. The van der Waals surface area contributed by atoms with Gasteiger partial charge in [-0.15, -0.1) is 11.3 Å². The Morgan fingerprint density at radius 2 is 2.25 bits per heavy atom. The molecule has 108 valence electrons. The fourth-order valence-electron chi connectivity index (χ4n) is 2.03. The number of nitrogens with zero attached hydrogens (tertiary/aromatic N) is 1. The van der Waals surface area contributed by atoms with E-state index in [4.69, 9.17) is 11.6 Å². The smallest absolute Gasteiger partial charge is 0.141 e. The molecule has 1 aromatic heterocycles. The van der Waals surface area contributed by atoms with Crippen molar-refractivity contribution in [2.45, 2.75) is 32.7 Å². The van der Waals surface area contributed by atoms with Gasteiger partial charge in [-0.1, -0.05) is 24.6 Å². The van der Waals surface area contributed by atoms with Crippen LogP contribution in [0.4, 0.5) is 4.39 Å². The van der Waals surface area contributed by atoms with Gasteiger partial charge in [-0.3, -0.25) is 0 Å². The molecule has 1 N–H and O–H groups in total. The van der Waals surface area contributed by atoms with Crippen LogP contribution < -0.4 is 5.32 Å². The van der Waals surface area contributed by atoms with Crippen LogP contribution in [0, 0.1) is 12.7 Å². The molecule has 1 unspecified atom stereocenters. The maximum atomic E-state index is 13.3. The first kappa shape index (κ1) is 15.4. The Morgan fingerprint density at radius 3 is 2.85 bits per heavy atom. The molecule has 0 saturated heterocycles. The summed E-state index contributed by atoms with van der Waals surface area (Å²) in [5, 5.41) is 6.77. The zero-order valence-corrected chi connectivity index (χ0v) is 13.2. The summed E-state index contributed by atoms with van der Waals surface area (Å²) in [5.74, 6) is -0.380. The van der Waals surface area contributed by atoms with Gasteiger partial charge in [0.05, 0.1) is 10.0 Å². The van der Waals surface area contributed by atoms with Crippen molar-refractivity contribution >= 4 is 22.9 Å². The standard InChI is InChI=1S/C15H18ClFN2S/c1-3-6-18-14(8-15-19-10(2)9-20-15)11-4-5-13(17)12(16)7-11/h4-5,7,9,14,18H,3,6,8H2,1-2H3. The molecular formula is C15H18ClFN2S. The third-order valence-electron chi connectivity index (χ3n) is 3.03. The summed E-state index contributed by atoms with van der Waals surface area (Å²) in [6.45, 7) is 5.02. The summed E-state index contributed by atoms with van der Waals surface area (Å²) in [6.07, 6.45) is 1.84. The van der Waals surface area contributed by atoms with Gasteiger partial charge < -0.3 is 5.32 Å². The second kappa shape index (κ2) is 7.16. The Labute approximate surface area is 128 Å². The van der Waals surface area contributed by atoms with Crippen molar-refractivity contribution in [2.75, 3.05) is 6.54 Å². The number of rotatable bonds is 6. The molecule has 0 saturated carbocycles. The van der Waals surface area contributed by atoms with Crippen LogP contribution in [0.25, 0.3) is 0 Å². The summed E-state index contributed by atoms with van der Waals surface area (Å²) < 4.78 is 13.3. The minimum Gasteiger partial charge on any atom is -0.310 e. The highest BCUT2D eigenvalue weighted by molar-refractivity contribution is 7.09. The highest BCUT2D eigenvalue weighted by atomic mass is 35.5. The number of hydrogen-bond donors (Lipinski definition) is 1. The molecule has 0 radical (unpaired) electrons. The molecule has 0 bridgehead atoms. The summed E-state index contributed by atoms with van der Waals surface area (Å²) in [7, 11) is 0. The van der Waals surface area contributed by atoms with Gasteiger partial charge in [-0.05, 0) is 37.6 Å². The van der Waals surface area contributed by atoms with Crippen LogP contribution in [0.1, 0.15) is 35.7 Å². The third kappa shape index (κ3) is 4.01. The molecule has 0 aliphatic rings. The van der Waals surface area contributed by atoms with Crippen molar-refractivity contribution in [3.05, 3.63) is 50.7 Å². The monoisotopic (exact) mass is 312 g/mol. The van der Waals surface area contributed by atoms with Crippen LogP contribution in [0.2, 0.25) is 5.02 Å². The second-order valence-electron chi connectivity index (χ2n) is 4.77. The average Bonchev–Trinajstić information content (AvgIpc) is 2.83. The van der Waals surface area contributed by atoms with E-state index < -0.39 is 0 Å². The van der Waals surface area contributed by atoms with Gasteiger partial charge in [0.2, 0.25) is 0 Å². The number of aryl methyl sites for hydroxylation is 1. The van der Waals surface area contributed by atoms with Gasteiger partial charge in [0.25, 0.3) is 0 Å². The lowest BCUT2D eigenvalue weighted by Crippen LogP contribution is -2.24. The van der Waals surface area contributed by atoms with Gasteiger partial charge in [0, 0.05) is 23.5 Å². The van der Waals surface area contributed by atoms with E-state index in [1.165, 1.54) is 6.07 Å². The molecule has 0 fully saturated rings.